The molecule has 4 aliphatic rings. The molecule has 3 heteroatoms. The zero-order valence-electron chi connectivity index (χ0n) is 24.0. The van der Waals surface area contributed by atoms with E-state index in [9.17, 15) is 4.79 Å². The van der Waals surface area contributed by atoms with Crippen molar-refractivity contribution in [2.24, 2.45) is 52.3 Å². The molecule has 0 aromatic heterocycles. The zero-order valence-corrected chi connectivity index (χ0v) is 24.8. The number of fused-ring (bicyclic) bond motifs is 5. The van der Waals surface area contributed by atoms with Crippen LogP contribution in [0.1, 0.15) is 112 Å². The standard InChI is InChI=1S/C33H53ClO2/c1-7-24(22(2)3)11-10-23(4)28-14-15-29-27-13-12-25-21-26(36-31(35)9-8-20-34)16-18-32(25,5)30(27)17-19-33(28,29)6/h10-12,22-24,26-30H,7-9,13-21H2,1-6H3/t23-,24-,26+,27?,28-,29?,30?,32+,33-/m1/s1. The smallest absolute Gasteiger partial charge is 0.306 e. The third-order valence-electron chi connectivity index (χ3n) is 11.6. The topological polar surface area (TPSA) is 26.3 Å². The number of hydrogen-bond donors (Lipinski definition) is 0. The fourth-order valence-electron chi connectivity index (χ4n) is 9.37. The van der Waals surface area contributed by atoms with E-state index in [1.54, 1.807) is 5.57 Å². The van der Waals surface area contributed by atoms with Crippen LogP contribution in [0, 0.1) is 52.3 Å². The van der Waals surface area contributed by atoms with Crippen molar-refractivity contribution >= 4 is 17.6 Å². The van der Waals surface area contributed by atoms with Crippen LogP contribution in [0.3, 0.4) is 0 Å². The Morgan fingerprint density at radius 2 is 1.89 bits per heavy atom. The largest absolute Gasteiger partial charge is 0.462 e. The number of halogens is 1. The summed E-state index contributed by atoms with van der Waals surface area (Å²) >= 11 is 5.76. The molecule has 3 saturated carbocycles. The molecule has 9 atom stereocenters. The maximum atomic E-state index is 12.2. The summed E-state index contributed by atoms with van der Waals surface area (Å²) in [5, 5.41) is 0. The van der Waals surface area contributed by atoms with Crippen LogP contribution < -0.4 is 0 Å². The maximum absolute atomic E-state index is 12.2. The summed E-state index contributed by atoms with van der Waals surface area (Å²) in [6.45, 7) is 14.8. The van der Waals surface area contributed by atoms with Gasteiger partial charge in [0.15, 0.2) is 0 Å². The van der Waals surface area contributed by atoms with Gasteiger partial charge in [-0.1, -0.05) is 65.3 Å². The number of carbonyl (C=O) groups is 1. The van der Waals surface area contributed by atoms with E-state index in [4.69, 9.17) is 16.3 Å². The first-order valence-electron chi connectivity index (χ1n) is 15.3. The molecule has 0 bridgehead atoms. The van der Waals surface area contributed by atoms with Gasteiger partial charge in [0, 0.05) is 18.7 Å². The van der Waals surface area contributed by atoms with Crippen LogP contribution in [-0.4, -0.2) is 18.0 Å². The molecule has 0 aromatic rings. The molecule has 3 fully saturated rings. The van der Waals surface area contributed by atoms with E-state index in [2.05, 4.69) is 59.8 Å². The van der Waals surface area contributed by atoms with Gasteiger partial charge < -0.3 is 4.74 Å². The summed E-state index contributed by atoms with van der Waals surface area (Å²) in [6.07, 6.45) is 20.2. The Morgan fingerprint density at radius 3 is 2.58 bits per heavy atom. The molecule has 2 nitrogen and oxygen atoms in total. The molecule has 204 valence electrons. The molecule has 0 radical (unpaired) electrons. The van der Waals surface area contributed by atoms with E-state index < -0.39 is 0 Å². The number of hydrogen-bond acceptors (Lipinski definition) is 2. The lowest BCUT2D eigenvalue weighted by molar-refractivity contribution is -0.151. The van der Waals surface area contributed by atoms with E-state index in [1.807, 2.05) is 0 Å². The SMILES string of the molecule is CC[C@H](C=C[C@@H](C)[C@H]1CCC2C3CC=C4C[C@@H](OC(=O)CCCCl)CC[C@]4(C)C3CC[C@@]21C)C(C)C. The van der Waals surface area contributed by atoms with Crippen LogP contribution >= 0.6 is 11.6 Å². The van der Waals surface area contributed by atoms with Crippen LogP contribution in [0.4, 0.5) is 0 Å². The molecule has 4 aliphatic carbocycles. The zero-order chi connectivity index (χ0) is 26.1. The molecule has 0 aromatic carbocycles. The molecule has 0 saturated heterocycles. The summed E-state index contributed by atoms with van der Waals surface area (Å²) in [5.74, 6) is 5.91. The maximum Gasteiger partial charge on any atom is 0.306 e. The Balaban J connectivity index is 1.44. The lowest BCUT2D eigenvalue weighted by atomic mass is 9.47. The van der Waals surface area contributed by atoms with Gasteiger partial charge in [-0.3, -0.25) is 4.79 Å². The Kier molecular flexibility index (Phi) is 9.06. The van der Waals surface area contributed by atoms with E-state index in [0.717, 1.165) is 42.4 Å². The summed E-state index contributed by atoms with van der Waals surface area (Å²) < 4.78 is 5.87. The Hall–Kier alpha value is -0.760. The lowest BCUT2D eigenvalue weighted by Gasteiger charge is -2.58. The normalized spacial score (nSPS) is 39.8. The van der Waals surface area contributed by atoms with Gasteiger partial charge in [0.2, 0.25) is 0 Å². The van der Waals surface area contributed by atoms with Gasteiger partial charge in [-0.25, -0.2) is 0 Å². The van der Waals surface area contributed by atoms with Gasteiger partial charge in [-0.2, -0.15) is 0 Å². The first-order chi connectivity index (χ1) is 17.1. The number of rotatable bonds is 9. The quantitative estimate of drug-likeness (QED) is 0.173. The van der Waals surface area contributed by atoms with E-state index in [1.165, 1.54) is 44.9 Å². The van der Waals surface area contributed by atoms with Crippen molar-refractivity contribution in [3.05, 3.63) is 23.8 Å². The minimum absolute atomic E-state index is 0.0641. The van der Waals surface area contributed by atoms with E-state index in [-0.39, 0.29) is 12.1 Å². The highest BCUT2D eigenvalue weighted by Crippen LogP contribution is 2.67. The average molecular weight is 517 g/mol. The minimum Gasteiger partial charge on any atom is -0.462 e. The van der Waals surface area contributed by atoms with E-state index >= 15 is 0 Å². The van der Waals surface area contributed by atoms with Crippen molar-refractivity contribution in [3.8, 4) is 0 Å². The van der Waals surface area contributed by atoms with Crippen LogP contribution in [-0.2, 0) is 9.53 Å². The fourth-order valence-corrected chi connectivity index (χ4v) is 9.50. The first-order valence-corrected chi connectivity index (χ1v) is 15.8. The number of alkyl halides is 1. The number of carbonyl (C=O) groups excluding carboxylic acids is 1. The predicted molar refractivity (Wildman–Crippen MR) is 152 cm³/mol. The Bertz CT molecular complexity index is 830. The molecule has 0 heterocycles. The number of allylic oxidation sites excluding steroid dienone is 3. The molecular formula is C33H53ClO2. The van der Waals surface area contributed by atoms with Crippen LogP contribution in [0.15, 0.2) is 23.8 Å². The van der Waals surface area contributed by atoms with Gasteiger partial charge in [0.05, 0.1) is 0 Å². The average Bonchev–Trinajstić information content (AvgIpc) is 3.20. The highest BCUT2D eigenvalue weighted by atomic mass is 35.5. The second-order valence-corrected chi connectivity index (χ2v) is 14.1. The van der Waals surface area contributed by atoms with Crippen molar-refractivity contribution in [3.63, 3.8) is 0 Å². The molecular weight excluding hydrogens is 464 g/mol. The van der Waals surface area contributed by atoms with Crippen molar-refractivity contribution in [2.75, 3.05) is 5.88 Å². The minimum atomic E-state index is -0.0641. The van der Waals surface area contributed by atoms with Crippen LogP contribution in [0.2, 0.25) is 0 Å². The van der Waals surface area contributed by atoms with E-state index in [0.29, 0.717) is 41.4 Å². The predicted octanol–water partition coefficient (Wildman–Crippen LogP) is 9.37. The van der Waals surface area contributed by atoms with Crippen molar-refractivity contribution in [1.82, 2.24) is 0 Å². The van der Waals surface area contributed by atoms with Crippen LogP contribution in [0.5, 0.6) is 0 Å². The third kappa shape index (κ3) is 5.37. The molecule has 0 amide bonds. The molecule has 3 unspecified atom stereocenters. The molecule has 36 heavy (non-hydrogen) atoms. The monoisotopic (exact) mass is 516 g/mol. The highest BCUT2D eigenvalue weighted by molar-refractivity contribution is 6.17. The summed E-state index contributed by atoms with van der Waals surface area (Å²) in [7, 11) is 0. The lowest BCUT2D eigenvalue weighted by Crippen LogP contribution is -2.51. The Labute approximate surface area is 227 Å². The summed E-state index contributed by atoms with van der Waals surface area (Å²) in [6, 6.07) is 0. The third-order valence-corrected chi connectivity index (χ3v) is 11.8. The Morgan fingerprint density at radius 1 is 1.11 bits per heavy atom. The van der Waals surface area contributed by atoms with Crippen molar-refractivity contribution in [2.45, 2.75) is 118 Å². The van der Waals surface area contributed by atoms with Gasteiger partial charge in [0.1, 0.15) is 6.10 Å². The van der Waals surface area contributed by atoms with Gasteiger partial charge in [-0.15, -0.1) is 11.6 Å². The van der Waals surface area contributed by atoms with Crippen molar-refractivity contribution < 1.29 is 9.53 Å². The molecule has 0 spiro atoms. The summed E-state index contributed by atoms with van der Waals surface area (Å²) in [4.78, 5) is 12.2. The van der Waals surface area contributed by atoms with Gasteiger partial charge >= 0.3 is 5.97 Å². The second-order valence-electron chi connectivity index (χ2n) is 13.7. The van der Waals surface area contributed by atoms with Crippen LogP contribution in [0.25, 0.3) is 0 Å². The van der Waals surface area contributed by atoms with Gasteiger partial charge in [0.25, 0.3) is 0 Å². The molecule has 4 rings (SSSR count). The second kappa shape index (κ2) is 11.5. The molecule has 0 aliphatic heterocycles. The van der Waals surface area contributed by atoms with Crippen molar-refractivity contribution in [1.29, 1.82) is 0 Å². The number of ether oxygens (including phenoxy) is 1. The number of esters is 1. The first kappa shape index (κ1) is 28.3. The van der Waals surface area contributed by atoms with Gasteiger partial charge in [-0.05, 0) is 110 Å². The molecule has 0 N–H and O–H groups in total. The highest BCUT2D eigenvalue weighted by Gasteiger charge is 2.59. The summed E-state index contributed by atoms with van der Waals surface area (Å²) in [5.41, 5.74) is 2.39. The fraction of sp³-hybridized carbons (Fsp3) is 0.848.